The van der Waals surface area contributed by atoms with E-state index in [9.17, 15) is 19.2 Å². The van der Waals surface area contributed by atoms with Crippen molar-refractivity contribution < 1.29 is 28.7 Å². The van der Waals surface area contributed by atoms with Crippen molar-refractivity contribution in [2.75, 3.05) is 13.7 Å². The smallest absolute Gasteiger partial charge is 0.340 e. The molecule has 2 aromatic carbocycles. The van der Waals surface area contributed by atoms with E-state index in [0.717, 1.165) is 10.5 Å². The highest BCUT2D eigenvalue weighted by molar-refractivity contribution is 6.30. The second kappa shape index (κ2) is 8.90. The first-order chi connectivity index (χ1) is 14.4. The van der Waals surface area contributed by atoms with Gasteiger partial charge in [-0.1, -0.05) is 60.7 Å². The molecule has 0 spiro atoms. The van der Waals surface area contributed by atoms with Gasteiger partial charge in [0.05, 0.1) is 6.61 Å². The van der Waals surface area contributed by atoms with Crippen molar-refractivity contribution in [3.63, 3.8) is 0 Å². The molecule has 1 aliphatic heterocycles. The van der Waals surface area contributed by atoms with E-state index in [1.54, 1.807) is 61.5 Å². The zero-order chi connectivity index (χ0) is 21.7. The molecule has 1 saturated heterocycles. The van der Waals surface area contributed by atoms with Crippen LogP contribution in [-0.4, -0.2) is 47.7 Å². The highest BCUT2D eigenvalue weighted by Crippen LogP contribution is 2.35. The summed E-state index contributed by atoms with van der Waals surface area (Å²) in [6.07, 6.45) is -0.0871. The average molecular weight is 409 g/mol. The minimum atomic E-state index is -1.91. The van der Waals surface area contributed by atoms with Gasteiger partial charge in [0.15, 0.2) is 11.7 Å². The molecule has 2 unspecified atom stereocenters. The lowest BCUT2D eigenvalue weighted by Crippen LogP contribution is -2.57. The molecule has 7 nitrogen and oxygen atoms in total. The molecule has 3 rings (SSSR count). The van der Waals surface area contributed by atoms with E-state index >= 15 is 0 Å². The Hall–Kier alpha value is -3.48. The van der Waals surface area contributed by atoms with Crippen molar-refractivity contribution in [3.05, 3.63) is 71.8 Å². The summed E-state index contributed by atoms with van der Waals surface area (Å²) < 4.78 is 10.4. The van der Waals surface area contributed by atoms with Crippen LogP contribution in [0.4, 0.5) is 0 Å². The van der Waals surface area contributed by atoms with Crippen LogP contribution in [0.3, 0.4) is 0 Å². The van der Waals surface area contributed by atoms with Gasteiger partial charge in [0, 0.05) is 13.5 Å². The Morgan fingerprint density at radius 2 is 1.50 bits per heavy atom. The monoisotopic (exact) mass is 409 g/mol. The van der Waals surface area contributed by atoms with Crippen LogP contribution in [-0.2, 0) is 41.7 Å². The number of Topliss-reactive ketones (excluding diaryl/α,β-unsaturated/α-hetero) is 1. The average Bonchev–Trinajstić information content (AvgIpc) is 2.95. The Balaban J connectivity index is 1.90. The zero-order valence-electron chi connectivity index (χ0n) is 16.9. The Bertz CT molecular complexity index is 943. The molecule has 7 heteroatoms. The molecule has 1 aliphatic rings. The molecule has 0 aliphatic carbocycles. The van der Waals surface area contributed by atoms with Crippen molar-refractivity contribution >= 4 is 23.6 Å². The van der Waals surface area contributed by atoms with Crippen LogP contribution in [0.5, 0.6) is 0 Å². The number of ketones is 1. The summed E-state index contributed by atoms with van der Waals surface area (Å²) in [7, 11) is 1.34. The lowest BCUT2D eigenvalue weighted by molar-refractivity contribution is -0.161. The van der Waals surface area contributed by atoms with Gasteiger partial charge < -0.3 is 14.4 Å². The molecule has 0 aromatic heterocycles. The molecule has 0 radical (unpaired) electrons. The first-order valence-corrected chi connectivity index (χ1v) is 9.65. The van der Waals surface area contributed by atoms with Gasteiger partial charge in [-0.2, -0.15) is 0 Å². The Morgan fingerprint density at radius 1 is 0.933 bits per heavy atom. The Labute approximate surface area is 174 Å². The molecular weight excluding hydrogens is 386 g/mol. The summed E-state index contributed by atoms with van der Waals surface area (Å²) in [4.78, 5) is 52.8. The number of carbonyl (C=O) groups excluding carboxylic acids is 4. The van der Waals surface area contributed by atoms with E-state index < -0.39 is 35.1 Å². The van der Waals surface area contributed by atoms with Crippen LogP contribution in [0.25, 0.3) is 0 Å². The number of likely N-dealkylation sites (N-methyl/N-ethyl adjacent to an activating group) is 1. The summed E-state index contributed by atoms with van der Waals surface area (Å²) in [5, 5.41) is 0. The molecule has 1 amide bonds. The molecule has 1 fully saturated rings. The van der Waals surface area contributed by atoms with Crippen molar-refractivity contribution in [2.45, 2.75) is 25.5 Å². The van der Waals surface area contributed by atoms with Crippen molar-refractivity contribution in [3.8, 4) is 0 Å². The second-order valence-electron chi connectivity index (χ2n) is 7.03. The molecule has 0 bridgehead atoms. The number of amides is 1. The topological polar surface area (TPSA) is 90.0 Å². The van der Waals surface area contributed by atoms with Crippen molar-refractivity contribution in [2.24, 2.45) is 5.92 Å². The number of benzene rings is 2. The number of rotatable bonds is 7. The lowest BCUT2D eigenvalue weighted by atomic mass is 9.84. The van der Waals surface area contributed by atoms with Crippen LogP contribution in [0.1, 0.15) is 18.1 Å². The summed E-state index contributed by atoms with van der Waals surface area (Å²) in [6, 6.07) is 17.7. The van der Waals surface area contributed by atoms with Crippen LogP contribution in [0.15, 0.2) is 60.7 Å². The number of likely N-dealkylation sites (tertiary alicyclic amines) is 1. The number of nitrogens with zero attached hydrogens (tertiary/aromatic N) is 1. The summed E-state index contributed by atoms with van der Waals surface area (Å²) in [5.41, 5.74) is -0.528. The fourth-order valence-corrected chi connectivity index (χ4v) is 3.58. The fourth-order valence-electron chi connectivity index (χ4n) is 3.58. The van der Waals surface area contributed by atoms with E-state index in [4.69, 9.17) is 9.47 Å². The third-order valence-electron chi connectivity index (χ3n) is 5.20. The molecular formula is C23H23NO6. The van der Waals surface area contributed by atoms with Crippen molar-refractivity contribution in [1.82, 2.24) is 4.90 Å². The first kappa shape index (κ1) is 21.2. The zero-order valence-corrected chi connectivity index (χ0v) is 16.9. The maximum atomic E-state index is 13.4. The number of ether oxygens (including phenoxy) is 2. The third-order valence-corrected chi connectivity index (χ3v) is 5.20. The SMILES string of the molecule is CCOC(=O)C1(Cc2ccccc2)C(=O)C(C(=O)OCc2ccccc2)C(=O)N1C. The quantitative estimate of drug-likeness (QED) is 0.513. The minimum Gasteiger partial charge on any atom is -0.464 e. The van der Waals surface area contributed by atoms with Crippen molar-refractivity contribution in [1.29, 1.82) is 0 Å². The molecule has 1 heterocycles. The van der Waals surface area contributed by atoms with Crippen LogP contribution >= 0.6 is 0 Å². The van der Waals surface area contributed by atoms with E-state index in [1.165, 1.54) is 7.05 Å². The molecule has 0 N–H and O–H groups in total. The predicted octanol–water partition coefficient (Wildman–Crippen LogP) is 1.93. The van der Waals surface area contributed by atoms with E-state index in [-0.39, 0.29) is 19.6 Å². The van der Waals surface area contributed by atoms with Gasteiger partial charge in [0.2, 0.25) is 11.4 Å². The Kier molecular flexibility index (Phi) is 6.30. The molecule has 2 atom stereocenters. The molecule has 30 heavy (non-hydrogen) atoms. The number of hydrogen-bond acceptors (Lipinski definition) is 6. The van der Waals surface area contributed by atoms with Gasteiger partial charge in [0.25, 0.3) is 0 Å². The van der Waals surface area contributed by atoms with E-state index in [0.29, 0.717) is 5.56 Å². The van der Waals surface area contributed by atoms with Crippen LogP contribution < -0.4 is 0 Å². The summed E-state index contributed by atoms with van der Waals surface area (Å²) in [6.45, 7) is 1.57. The minimum absolute atomic E-state index is 0.0355. The standard InChI is InChI=1S/C23H23NO6/c1-3-29-22(28)23(14-16-10-6-4-7-11-16)19(25)18(20(26)24(23)2)21(27)30-15-17-12-8-5-9-13-17/h4-13,18H,3,14-15H2,1-2H3. The summed E-state index contributed by atoms with van der Waals surface area (Å²) >= 11 is 0. The van der Waals surface area contributed by atoms with Gasteiger partial charge in [-0.05, 0) is 18.1 Å². The maximum absolute atomic E-state index is 13.4. The first-order valence-electron chi connectivity index (χ1n) is 9.65. The van der Waals surface area contributed by atoms with Crippen LogP contribution in [0, 0.1) is 5.92 Å². The van der Waals surface area contributed by atoms with Gasteiger partial charge >= 0.3 is 11.9 Å². The Morgan fingerprint density at radius 3 is 2.07 bits per heavy atom. The maximum Gasteiger partial charge on any atom is 0.340 e. The predicted molar refractivity (Wildman–Crippen MR) is 107 cm³/mol. The van der Waals surface area contributed by atoms with E-state index in [2.05, 4.69) is 0 Å². The highest BCUT2D eigenvalue weighted by Gasteiger charge is 2.65. The third kappa shape index (κ3) is 3.83. The van der Waals surface area contributed by atoms with Gasteiger partial charge in [-0.25, -0.2) is 4.79 Å². The number of esters is 2. The molecule has 0 saturated carbocycles. The van der Waals surface area contributed by atoms with Gasteiger partial charge in [-0.3, -0.25) is 14.4 Å². The highest BCUT2D eigenvalue weighted by atomic mass is 16.5. The number of hydrogen-bond donors (Lipinski definition) is 0. The number of carbonyl (C=O) groups is 4. The molecule has 2 aromatic rings. The normalized spacial score (nSPS) is 20.9. The van der Waals surface area contributed by atoms with Crippen LogP contribution in [0.2, 0.25) is 0 Å². The largest absolute Gasteiger partial charge is 0.464 e. The van der Waals surface area contributed by atoms with Gasteiger partial charge in [0.1, 0.15) is 6.61 Å². The summed E-state index contributed by atoms with van der Waals surface area (Å²) in [5.74, 6) is -5.13. The fraction of sp³-hybridized carbons (Fsp3) is 0.304. The van der Waals surface area contributed by atoms with Gasteiger partial charge in [-0.15, -0.1) is 0 Å². The molecule has 156 valence electrons. The lowest BCUT2D eigenvalue weighted by Gasteiger charge is -2.31. The second-order valence-corrected chi connectivity index (χ2v) is 7.03. The van der Waals surface area contributed by atoms with E-state index in [1.807, 2.05) is 6.07 Å².